The molecule has 0 amide bonds. The van der Waals surface area contributed by atoms with Crippen molar-refractivity contribution in [2.45, 2.75) is 187 Å². The molecule has 0 spiro atoms. The minimum absolute atomic E-state index is 0.134. The zero-order chi connectivity index (χ0) is 31.7. The van der Waals surface area contributed by atoms with Gasteiger partial charge in [0.15, 0.2) is 5.79 Å². The summed E-state index contributed by atoms with van der Waals surface area (Å²) in [6.45, 7) is 5.96. The maximum atomic E-state index is 9.54. The minimum Gasteiger partial charge on any atom is -0.396 e. The molecule has 0 aliphatic carbocycles. The molecule has 1 aliphatic heterocycles. The van der Waals surface area contributed by atoms with Crippen molar-refractivity contribution in [1.29, 1.82) is 0 Å². The van der Waals surface area contributed by atoms with E-state index in [1.54, 1.807) is 0 Å². The van der Waals surface area contributed by atoms with Gasteiger partial charge in [0.2, 0.25) is 0 Å². The molecule has 3 heteroatoms. The van der Waals surface area contributed by atoms with E-state index in [0.717, 1.165) is 25.7 Å². The second-order valence-corrected chi connectivity index (χ2v) is 13.2. The van der Waals surface area contributed by atoms with Crippen LogP contribution in [-0.4, -0.2) is 30.7 Å². The van der Waals surface area contributed by atoms with Crippen LogP contribution in [0, 0.1) is 5.92 Å². The van der Waals surface area contributed by atoms with Crippen LogP contribution in [0.3, 0.4) is 0 Å². The summed E-state index contributed by atoms with van der Waals surface area (Å²) >= 11 is 0. The first-order chi connectivity index (χ1) is 21.8. The summed E-state index contributed by atoms with van der Waals surface area (Å²) in [6, 6.07) is 0. The molecule has 0 atom stereocenters. The maximum absolute atomic E-state index is 9.54. The van der Waals surface area contributed by atoms with Gasteiger partial charge in [-0.3, -0.25) is 0 Å². The van der Waals surface area contributed by atoms with Crippen LogP contribution in [-0.2, 0) is 9.47 Å². The molecule has 44 heavy (non-hydrogen) atoms. The lowest BCUT2D eigenvalue weighted by Crippen LogP contribution is -2.45. The van der Waals surface area contributed by atoms with Gasteiger partial charge in [-0.15, -0.1) is 0 Å². The minimum atomic E-state index is -0.407. The normalized spacial score (nSPS) is 19.5. The van der Waals surface area contributed by atoms with Crippen LogP contribution in [0.2, 0.25) is 0 Å². The Morgan fingerprint density at radius 1 is 0.477 bits per heavy atom. The second-order valence-electron chi connectivity index (χ2n) is 13.2. The van der Waals surface area contributed by atoms with E-state index >= 15 is 0 Å². The summed E-state index contributed by atoms with van der Waals surface area (Å²) in [5.74, 6) is -0.272. The predicted octanol–water partition coefficient (Wildman–Crippen LogP) is 12.7. The maximum Gasteiger partial charge on any atom is 0.168 e. The highest BCUT2D eigenvalue weighted by Gasteiger charge is 2.36. The van der Waals surface area contributed by atoms with Crippen molar-refractivity contribution in [2.24, 2.45) is 5.92 Å². The molecule has 1 fully saturated rings. The first kappa shape index (κ1) is 40.9. The van der Waals surface area contributed by atoms with Crippen molar-refractivity contribution < 1.29 is 14.6 Å². The van der Waals surface area contributed by atoms with Crippen LogP contribution in [0.4, 0.5) is 0 Å². The molecular formula is C41H74O3. The van der Waals surface area contributed by atoms with E-state index in [2.05, 4.69) is 62.5 Å². The first-order valence-corrected chi connectivity index (χ1v) is 19.2. The molecule has 1 saturated heterocycles. The Labute approximate surface area is 275 Å². The third-order valence-electron chi connectivity index (χ3n) is 8.94. The van der Waals surface area contributed by atoms with E-state index in [1.807, 2.05) is 0 Å². The molecule has 0 aromatic carbocycles. The van der Waals surface area contributed by atoms with Crippen LogP contribution < -0.4 is 0 Å². The number of aliphatic hydroxyl groups is 1. The topological polar surface area (TPSA) is 38.7 Å². The molecule has 3 nitrogen and oxygen atoms in total. The van der Waals surface area contributed by atoms with Gasteiger partial charge in [0.05, 0.1) is 19.8 Å². The van der Waals surface area contributed by atoms with Gasteiger partial charge in [0.1, 0.15) is 0 Å². The Kier molecular flexibility index (Phi) is 29.5. The summed E-state index contributed by atoms with van der Waals surface area (Å²) in [7, 11) is 0. The summed E-state index contributed by atoms with van der Waals surface area (Å²) in [4.78, 5) is 0. The number of allylic oxidation sites excluding steroid dienone is 8. The van der Waals surface area contributed by atoms with Crippen molar-refractivity contribution in [3.05, 3.63) is 48.6 Å². The van der Waals surface area contributed by atoms with E-state index in [4.69, 9.17) is 9.47 Å². The molecule has 0 saturated carbocycles. The van der Waals surface area contributed by atoms with E-state index in [9.17, 15) is 5.11 Å². The summed E-state index contributed by atoms with van der Waals surface area (Å²) in [6.07, 6.45) is 51.2. The lowest BCUT2D eigenvalue weighted by atomic mass is 9.97. The Hall–Kier alpha value is -1.16. The van der Waals surface area contributed by atoms with E-state index < -0.39 is 5.79 Å². The third kappa shape index (κ3) is 25.1. The molecule has 1 heterocycles. The monoisotopic (exact) mass is 615 g/mol. The lowest BCUT2D eigenvalue weighted by Gasteiger charge is -2.40. The van der Waals surface area contributed by atoms with Crippen molar-refractivity contribution in [2.75, 3.05) is 19.8 Å². The Morgan fingerprint density at radius 3 is 1.18 bits per heavy atom. The zero-order valence-electron chi connectivity index (χ0n) is 29.5. The summed E-state index contributed by atoms with van der Waals surface area (Å²) in [5, 5.41) is 9.54. The van der Waals surface area contributed by atoms with E-state index in [-0.39, 0.29) is 12.5 Å². The van der Waals surface area contributed by atoms with Crippen LogP contribution in [0.5, 0.6) is 0 Å². The fraction of sp³-hybridized carbons (Fsp3) is 0.805. The smallest absolute Gasteiger partial charge is 0.168 e. The fourth-order valence-electron chi connectivity index (χ4n) is 5.91. The van der Waals surface area contributed by atoms with E-state index in [1.165, 1.54) is 141 Å². The van der Waals surface area contributed by atoms with Gasteiger partial charge in [0, 0.05) is 18.8 Å². The van der Waals surface area contributed by atoms with Gasteiger partial charge in [-0.25, -0.2) is 0 Å². The molecule has 0 radical (unpaired) electrons. The lowest BCUT2D eigenvalue weighted by molar-refractivity contribution is -0.292. The second kappa shape index (κ2) is 31.8. The predicted molar refractivity (Wildman–Crippen MR) is 193 cm³/mol. The van der Waals surface area contributed by atoms with Gasteiger partial charge in [-0.05, 0) is 77.0 Å². The van der Waals surface area contributed by atoms with Crippen molar-refractivity contribution in [3.8, 4) is 0 Å². The van der Waals surface area contributed by atoms with Gasteiger partial charge < -0.3 is 14.6 Å². The number of hydrogen-bond donors (Lipinski definition) is 1. The average molecular weight is 615 g/mol. The van der Waals surface area contributed by atoms with Crippen molar-refractivity contribution in [3.63, 3.8) is 0 Å². The van der Waals surface area contributed by atoms with Gasteiger partial charge >= 0.3 is 0 Å². The average Bonchev–Trinajstić information content (AvgIpc) is 3.04. The standard InChI is InChI=1S/C41H74O3/c1-3-5-7-9-11-13-15-17-19-21-23-25-27-29-31-33-35-41(43-38-40(37-42)39-44-41)36-34-32-30-28-26-24-22-20-18-16-14-12-10-8-6-4-2/h11-14,17-20,40,42H,3-10,15-16,21-39H2,1-2H3. The first-order valence-electron chi connectivity index (χ1n) is 19.2. The Balaban J connectivity index is 2.08. The molecule has 256 valence electrons. The molecule has 0 bridgehead atoms. The number of unbranched alkanes of at least 4 members (excludes halogenated alkanes) is 18. The highest BCUT2D eigenvalue weighted by molar-refractivity contribution is 4.93. The fourth-order valence-corrected chi connectivity index (χ4v) is 5.91. The molecular weight excluding hydrogens is 540 g/mol. The molecule has 0 unspecified atom stereocenters. The van der Waals surface area contributed by atoms with E-state index in [0.29, 0.717) is 13.2 Å². The quantitative estimate of drug-likeness (QED) is 0.0623. The molecule has 0 aromatic heterocycles. The molecule has 1 N–H and O–H groups in total. The van der Waals surface area contributed by atoms with Crippen molar-refractivity contribution >= 4 is 0 Å². The van der Waals surface area contributed by atoms with Gasteiger partial charge in [-0.1, -0.05) is 140 Å². The third-order valence-corrected chi connectivity index (χ3v) is 8.94. The Bertz CT molecular complexity index is 649. The van der Waals surface area contributed by atoms with Gasteiger partial charge in [-0.2, -0.15) is 0 Å². The number of aliphatic hydroxyl groups excluding tert-OH is 1. The Morgan fingerprint density at radius 2 is 0.818 bits per heavy atom. The highest BCUT2D eigenvalue weighted by Crippen LogP contribution is 2.33. The van der Waals surface area contributed by atoms with Crippen LogP contribution in [0.25, 0.3) is 0 Å². The number of ether oxygens (including phenoxy) is 2. The zero-order valence-corrected chi connectivity index (χ0v) is 29.5. The molecule has 0 aromatic rings. The number of rotatable bonds is 31. The van der Waals surface area contributed by atoms with Crippen LogP contribution in [0.15, 0.2) is 48.6 Å². The summed E-state index contributed by atoms with van der Waals surface area (Å²) < 4.78 is 12.6. The van der Waals surface area contributed by atoms with Crippen LogP contribution in [0.1, 0.15) is 181 Å². The van der Waals surface area contributed by atoms with Gasteiger partial charge in [0.25, 0.3) is 0 Å². The van der Waals surface area contributed by atoms with Crippen molar-refractivity contribution in [1.82, 2.24) is 0 Å². The molecule has 1 rings (SSSR count). The largest absolute Gasteiger partial charge is 0.396 e. The SMILES string of the molecule is CCCCCC=CCC=CCCCCCCCCC1(CCCCCCCCC=CCC=CCCCCC)OCC(CO)CO1. The summed E-state index contributed by atoms with van der Waals surface area (Å²) in [5.41, 5.74) is 0. The number of hydrogen-bond acceptors (Lipinski definition) is 3. The highest BCUT2D eigenvalue weighted by atomic mass is 16.7. The molecule has 1 aliphatic rings. The van der Waals surface area contributed by atoms with Crippen LogP contribution >= 0.6 is 0 Å².